The van der Waals surface area contributed by atoms with E-state index in [4.69, 9.17) is 5.73 Å². The molecule has 0 saturated heterocycles. The number of rotatable bonds is 4. The number of hydrogen-bond donors (Lipinski definition) is 2. The fourth-order valence-electron chi connectivity index (χ4n) is 1.20. The number of hydrogen-bond acceptors (Lipinski definition) is 2. The van der Waals surface area contributed by atoms with Crippen molar-refractivity contribution in [2.24, 2.45) is 5.73 Å². The molecule has 0 radical (unpaired) electrons. The highest BCUT2D eigenvalue weighted by atomic mass is 19.2. The zero-order valence-electron chi connectivity index (χ0n) is 8.56. The van der Waals surface area contributed by atoms with Crippen molar-refractivity contribution in [2.45, 2.75) is 19.4 Å². The fraction of sp³-hybridized carbons (Fsp3) is 0.300. The van der Waals surface area contributed by atoms with E-state index in [1.807, 2.05) is 0 Å². The number of carbonyl (C=O) groups is 1. The van der Waals surface area contributed by atoms with Gasteiger partial charge in [0.05, 0.1) is 5.69 Å². The first kappa shape index (κ1) is 12.4. The van der Waals surface area contributed by atoms with E-state index in [2.05, 4.69) is 5.32 Å². The summed E-state index contributed by atoms with van der Waals surface area (Å²) < 4.78 is 38.6. The molecule has 0 spiro atoms. The molecule has 0 aromatic heterocycles. The fourth-order valence-corrected chi connectivity index (χ4v) is 1.20. The van der Waals surface area contributed by atoms with Gasteiger partial charge < -0.3 is 11.1 Å². The summed E-state index contributed by atoms with van der Waals surface area (Å²) in [5.74, 6) is -4.91. The maximum Gasteiger partial charge on any atom is 0.239 e. The average molecular weight is 232 g/mol. The normalized spacial score (nSPS) is 12.2. The molecule has 0 aliphatic heterocycles. The van der Waals surface area contributed by atoms with Gasteiger partial charge in [0.1, 0.15) is 6.04 Å². The van der Waals surface area contributed by atoms with Crippen LogP contribution in [0.3, 0.4) is 0 Å². The van der Waals surface area contributed by atoms with Gasteiger partial charge in [-0.25, -0.2) is 13.2 Å². The van der Waals surface area contributed by atoms with Crippen LogP contribution in [0.1, 0.15) is 13.3 Å². The van der Waals surface area contributed by atoms with Crippen LogP contribution in [-0.4, -0.2) is 11.9 Å². The van der Waals surface area contributed by atoms with Crippen molar-refractivity contribution in [2.75, 3.05) is 5.32 Å². The summed E-state index contributed by atoms with van der Waals surface area (Å²) >= 11 is 0. The molecule has 0 saturated carbocycles. The lowest BCUT2D eigenvalue weighted by atomic mass is 10.2. The van der Waals surface area contributed by atoms with E-state index in [-0.39, 0.29) is 5.69 Å². The van der Waals surface area contributed by atoms with Crippen molar-refractivity contribution in [1.82, 2.24) is 0 Å². The summed E-state index contributed by atoms with van der Waals surface area (Å²) in [7, 11) is 0. The summed E-state index contributed by atoms with van der Waals surface area (Å²) in [6.45, 7) is 1.65. The number of nitrogens with two attached hydrogens (primary N) is 1. The predicted octanol–water partition coefficient (Wildman–Crippen LogP) is 1.78. The molecule has 0 aliphatic carbocycles. The molecule has 1 aromatic carbocycles. The standard InChI is InChI=1S/C10H11F3N2O/c1-2-6(10(14)16)15-7-4-3-5(11)8(12)9(7)13/h3-4,6,15H,2H2,1H3,(H2,14,16). The molecule has 6 heteroatoms. The van der Waals surface area contributed by atoms with Crippen molar-refractivity contribution >= 4 is 11.6 Å². The molecule has 88 valence electrons. The highest BCUT2D eigenvalue weighted by Gasteiger charge is 2.18. The minimum absolute atomic E-state index is 0.287. The zero-order valence-corrected chi connectivity index (χ0v) is 8.56. The first-order chi connectivity index (χ1) is 7.47. The third-order valence-electron chi connectivity index (χ3n) is 2.12. The highest BCUT2D eigenvalue weighted by Crippen LogP contribution is 2.20. The van der Waals surface area contributed by atoms with E-state index in [1.54, 1.807) is 6.92 Å². The van der Waals surface area contributed by atoms with Crippen molar-refractivity contribution in [3.63, 3.8) is 0 Å². The van der Waals surface area contributed by atoms with Gasteiger partial charge in [0.25, 0.3) is 0 Å². The van der Waals surface area contributed by atoms with Gasteiger partial charge in [-0.2, -0.15) is 0 Å². The van der Waals surface area contributed by atoms with Crippen LogP contribution in [0.4, 0.5) is 18.9 Å². The van der Waals surface area contributed by atoms with Gasteiger partial charge in [-0.05, 0) is 18.6 Å². The first-order valence-electron chi connectivity index (χ1n) is 4.66. The summed E-state index contributed by atoms with van der Waals surface area (Å²) in [6.07, 6.45) is 0.313. The second kappa shape index (κ2) is 4.87. The minimum atomic E-state index is -1.58. The van der Waals surface area contributed by atoms with Gasteiger partial charge in [-0.1, -0.05) is 6.92 Å². The summed E-state index contributed by atoms with van der Waals surface area (Å²) in [5.41, 5.74) is 4.73. The number of halogens is 3. The number of benzene rings is 1. The zero-order chi connectivity index (χ0) is 12.3. The number of anilines is 1. The van der Waals surface area contributed by atoms with Crippen LogP contribution >= 0.6 is 0 Å². The van der Waals surface area contributed by atoms with Crippen molar-refractivity contribution in [3.05, 3.63) is 29.6 Å². The Kier molecular flexibility index (Phi) is 3.76. The molecular formula is C10H11F3N2O. The Balaban J connectivity index is 2.97. The largest absolute Gasteiger partial charge is 0.371 e. The van der Waals surface area contributed by atoms with E-state index >= 15 is 0 Å². The first-order valence-corrected chi connectivity index (χ1v) is 4.66. The van der Waals surface area contributed by atoms with Gasteiger partial charge in [0, 0.05) is 0 Å². The molecule has 0 aliphatic rings. The maximum absolute atomic E-state index is 13.2. The van der Waals surface area contributed by atoms with E-state index in [0.717, 1.165) is 12.1 Å². The highest BCUT2D eigenvalue weighted by molar-refractivity contribution is 5.82. The molecule has 1 atom stereocenters. The third-order valence-corrected chi connectivity index (χ3v) is 2.12. The molecule has 1 unspecified atom stereocenters. The Hall–Kier alpha value is -1.72. The molecule has 1 amide bonds. The predicted molar refractivity (Wildman–Crippen MR) is 53.2 cm³/mol. The minimum Gasteiger partial charge on any atom is -0.371 e. The second-order valence-electron chi connectivity index (χ2n) is 3.23. The number of carbonyl (C=O) groups excluding carboxylic acids is 1. The SMILES string of the molecule is CCC(Nc1ccc(F)c(F)c1F)C(N)=O. The summed E-state index contributed by atoms with van der Waals surface area (Å²) in [6, 6.07) is 0.965. The molecule has 16 heavy (non-hydrogen) atoms. The lowest BCUT2D eigenvalue weighted by molar-refractivity contribution is -0.118. The molecule has 3 nitrogen and oxygen atoms in total. The van der Waals surface area contributed by atoms with Gasteiger partial charge in [0.2, 0.25) is 5.91 Å². The topological polar surface area (TPSA) is 55.1 Å². The van der Waals surface area contributed by atoms with Crippen LogP contribution in [0.25, 0.3) is 0 Å². The number of nitrogens with one attached hydrogen (secondary N) is 1. The van der Waals surface area contributed by atoms with Crippen LogP contribution < -0.4 is 11.1 Å². The Morgan fingerprint density at radius 3 is 2.50 bits per heavy atom. The van der Waals surface area contributed by atoms with Crippen LogP contribution in [0.5, 0.6) is 0 Å². The summed E-state index contributed by atoms with van der Waals surface area (Å²) in [5, 5.41) is 2.41. The molecule has 0 heterocycles. The van der Waals surface area contributed by atoms with Gasteiger partial charge in [0.15, 0.2) is 17.5 Å². The van der Waals surface area contributed by atoms with Crippen molar-refractivity contribution in [1.29, 1.82) is 0 Å². The molecule has 0 bridgehead atoms. The van der Waals surface area contributed by atoms with Gasteiger partial charge in [-0.3, -0.25) is 4.79 Å². The van der Waals surface area contributed by atoms with Gasteiger partial charge >= 0.3 is 0 Å². The Morgan fingerprint density at radius 1 is 1.38 bits per heavy atom. The molecular weight excluding hydrogens is 221 g/mol. The van der Waals surface area contributed by atoms with E-state index in [0.29, 0.717) is 6.42 Å². The average Bonchev–Trinajstić information content (AvgIpc) is 2.25. The lowest BCUT2D eigenvalue weighted by Crippen LogP contribution is -2.35. The van der Waals surface area contributed by atoms with E-state index < -0.39 is 29.4 Å². The number of primary amides is 1. The number of amides is 1. The summed E-state index contributed by atoms with van der Waals surface area (Å²) in [4.78, 5) is 10.9. The second-order valence-corrected chi connectivity index (χ2v) is 3.23. The lowest BCUT2D eigenvalue weighted by Gasteiger charge is -2.15. The Bertz CT molecular complexity index is 409. The van der Waals surface area contributed by atoms with Crippen LogP contribution in [-0.2, 0) is 4.79 Å². The smallest absolute Gasteiger partial charge is 0.239 e. The Morgan fingerprint density at radius 2 is 2.00 bits per heavy atom. The van der Waals surface area contributed by atoms with E-state index in [1.165, 1.54) is 0 Å². The Labute approximate surface area is 90.4 Å². The van der Waals surface area contributed by atoms with Crippen molar-refractivity contribution < 1.29 is 18.0 Å². The third kappa shape index (κ3) is 2.44. The van der Waals surface area contributed by atoms with Crippen LogP contribution in [0.15, 0.2) is 12.1 Å². The molecule has 0 fully saturated rings. The van der Waals surface area contributed by atoms with E-state index in [9.17, 15) is 18.0 Å². The van der Waals surface area contributed by atoms with Gasteiger partial charge in [-0.15, -0.1) is 0 Å². The molecule has 3 N–H and O–H groups in total. The van der Waals surface area contributed by atoms with Crippen molar-refractivity contribution in [3.8, 4) is 0 Å². The quantitative estimate of drug-likeness (QED) is 0.777. The van der Waals surface area contributed by atoms with Crippen LogP contribution in [0, 0.1) is 17.5 Å². The molecule has 1 rings (SSSR count). The monoisotopic (exact) mass is 232 g/mol. The molecule has 1 aromatic rings. The van der Waals surface area contributed by atoms with Crippen LogP contribution in [0.2, 0.25) is 0 Å². The maximum atomic E-state index is 13.2.